The molecular weight excluding hydrogens is 369 g/mol. The van der Waals surface area contributed by atoms with Crippen LogP contribution in [-0.4, -0.2) is 54.8 Å². The van der Waals surface area contributed by atoms with E-state index in [1.54, 1.807) is 12.1 Å². The Labute approximate surface area is 171 Å². The highest BCUT2D eigenvalue weighted by Crippen LogP contribution is 2.22. The fourth-order valence-electron chi connectivity index (χ4n) is 3.55. The van der Waals surface area contributed by atoms with Crippen molar-refractivity contribution in [2.24, 2.45) is 0 Å². The number of hydrogen-bond donors (Lipinski definition) is 1. The first kappa shape index (κ1) is 21.0. The highest BCUT2D eigenvalue weighted by atomic mass is 19.1. The van der Waals surface area contributed by atoms with Gasteiger partial charge in [-0.1, -0.05) is 49.4 Å². The molecular formula is C23H28FN3O2. The molecule has 0 radical (unpaired) electrons. The summed E-state index contributed by atoms with van der Waals surface area (Å²) in [6.07, 6.45) is 0.227. The van der Waals surface area contributed by atoms with Gasteiger partial charge in [-0.3, -0.25) is 9.59 Å². The van der Waals surface area contributed by atoms with Crippen molar-refractivity contribution in [2.75, 3.05) is 33.2 Å². The van der Waals surface area contributed by atoms with Crippen LogP contribution in [0.2, 0.25) is 0 Å². The van der Waals surface area contributed by atoms with Crippen LogP contribution in [0.15, 0.2) is 54.6 Å². The van der Waals surface area contributed by atoms with Crippen LogP contribution in [0, 0.1) is 5.82 Å². The Kier molecular flexibility index (Phi) is 6.99. The largest absolute Gasteiger partial charge is 0.341 e. The Morgan fingerprint density at radius 1 is 0.966 bits per heavy atom. The molecule has 1 aliphatic heterocycles. The average Bonchev–Trinajstić information content (AvgIpc) is 2.73. The van der Waals surface area contributed by atoms with E-state index >= 15 is 0 Å². The van der Waals surface area contributed by atoms with Crippen molar-refractivity contribution in [3.8, 4) is 0 Å². The van der Waals surface area contributed by atoms with E-state index in [9.17, 15) is 14.0 Å². The summed E-state index contributed by atoms with van der Waals surface area (Å²) in [5.74, 6) is -0.650. The third-order valence-corrected chi connectivity index (χ3v) is 5.43. The highest BCUT2D eigenvalue weighted by Gasteiger charge is 2.29. The molecule has 5 nitrogen and oxygen atoms in total. The van der Waals surface area contributed by atoms with Gasteiger partial charge in [0.05, 0.1) is 0 Å². The van der Waals surface area contributed by atoms with Crippen molar-refractivity contribution in [3.05, 3.63) is 71.5 Å². The maximum absolute atomic E-state index is 13.2. The predicted octanol–water partition coefficient (Wildman–Crippen LogP) is 2.95. The number of likely N-dealkylation sites (N-methyl/N-ethyl adjacent to an activating group) is 1. The number of carbonyl (C=O) groups excluding carboxylic acids is 2. The Bertz CT molecular complexity index is 818. The van der Waals surface area contributed by atoms with Gasteiger partial charge < -0.3 is 15.1 Å². The van der Waals surface area contributed by atoms with Gasteiger partial charge in [-0.05, 0) is 36.2 Å². The zero-order valence-corrected chi connectivity index (χ0v) is 17.0. The fourth-order valence-corrected chi connectivity index (χ4v) is 3.55. The summed E-state index contributed by atoms with van der Waals surface area (Å²) in [6.45, 7) is 4.87. The quantitative estimate of drug-likeness (QED) is 0.815. The van der Waals surface area contributed by atoms with Crippen molar-refractivity contribution >= 4 is 11.8 Å². The van der Waals surface area contributed by atoms with E-state index in [1.807, 2.05) is 49.2 Å². The number of nitrogens with one attached hydrogen (secondary N) is 1. The number of rotatable bonds is 6. The Morgan fingerprint density at radius 3 is 2.21 bits per heavy atom. The molecule has 1 heterocycles. The molecule has 154 valence electrons. The number of carbonyl (C=O) groups is 2. The monoisotopic (exact) mass is 397 g/mol. The first-order chi connectivity index (χ1) is 13.9. The van der Waals surface area contributed by atoms with E-state index in [2.05, 4.69) is 10.2 Å². The molecule has 0 spiro atoms. The molecule has 2 atom stereocenters. The van der Waals surface area contributed by atoms with Crippen molar-refractivity contribution in [3.63, 3.8) is 0 Å². The normalized spacial score (nSPS) is 16.9. The Balaban J connectivity index is 1.70. The maximum atomic E-state index is 13.2. The molecule has 1 fully saturated rings. The standard InChI is InChI=1S/C23H28FN3O2/c1-17(18-8-10-20(24)11-9-18)16-21(28)25-22(19-6-4-3-5-7-19)23(29)27-14-12-26(2)13-15-27/h3-11,17,22H,12-16H2,1-2H3,(H,25,28)/t17?,22-/m0/s1. The third kappa shape index (κ3) is 5.64. The predicted molar refractivity (Wildman–Crippen MR) is 111 cm³/mol. The number of piperazine rings is 1. The SMILES string of the molecule is CC(CC(=O)N[C@H](C(=O)N1CCN(C)CC1)c1ccccc1)c1ccc(F)cc1. The van der Waals surface area contributed by atoms with Crippen LogP contribution >= 0.6 is 0 Å². The van der Waals surface area contributed by atoms with Crippen molar-refractivity contribution in [1.82, 2.24) is 15.1 Å². The lowest BCUT2D eigenvalue weighted by molar-refractivity contribution is -0.138. The Morgan fingerprint density at radius 2 is 1.59 bits per heavy atom. The molecule has 3 rings (SSSR count). The number of halogens is 1. The summed E-state index contributed by atoms with van der Waals surface area (Å²) in [5, 5.41) is 2.94. The van der Waals surface area contributed by atoms with Crippen LogP contribution in [0.4, 0.5) is 4.39 Å². The molecule has 0 aromatic heterocycles. The molecule has 0 saturated carbocycles. The van der Waals surface area contributed by atoms with Crippen LogP contribution < -0.4 is 5.32 Å². The lowest BCUT2D eigenvalue weighted by Gasteiger charge is -2.35. The molecule has 29 heavy (non-hydrogen) atoms. The summed E-state index contributed by atoms with van der Waals surface area (Å²) in [6, 6.07) is 14.8. The first-order valence-electron chi connectivity index (χ1n) is 10.0. The average molecular weight is 397 g/mol. The van der Waals surface area contributed by atoms with E-state index in [0.29, 0.717) is 13.1 Å². The second kappa shape index (κ2) is 9.65. The summed E-state index contributed by atoms with van der Waals surface area (Å²) < 4.78 is 13.1. The van der Waals surface area contributed by atoms with Crippen LogP contribution in [0.5, 0.6) is 0 Å². The van der Waals surface area contributed by atoms with Crippen LogP contribution in [0.25, 0.3) is 0 Å². The number of benzene rings is 2. The van der Waals surface area contributed by atoms with Gasteiger partial charge in [-0.25, -0.2) is 4.39 Å². The van der Waals surface area contributed by atoms with Gasteiger partial charge in [-0.15, -0.1) is 0 Å². The van der Waals surface area contributed by atoms with Gasteiger partial charge in [-0.2, -0.15) is 0 Å². The minimum Gasteiger partial charge on any atom is -0.341 e. The highest BCUT2D eigenvalue weighted by molar-refractivity contribution is 5.89. The number of amides is 2. The zero-order valence-electron chi connectivity index (χ0n) is 17.0. The molecule has 6 heteroatoms. The van der Waals surface area contributed by atoms with E-state index in [1.165, 1.54) is 12.1 Å². The topological polar surface area (TPSA) is 52.7 Å². The first-order valence-corrected chi connectivity index (χ1v) is 10.0. The molecule has 1 N–H and O–H groups in total. The van der Waals surface area contributed by atoms with Gasteiger partial charge in [0, 0.05) is 32.6 Å². The second-order valence-electron chi connectivity index (χ2n) is 7.70. The van der Waals surface area contributed by atoms with E-state index in [-0.39, 0.29) is 30.0 Å². The van der Waals surface area contributed by atoms with Gasteiger partial charge >= 0.3 is 0 Å². The van der Waals surface area contributed by atoms with E-state index in [0.717, 1.165) is 24.2 Å². The Hall–Kier alpha value is -2.73. The summed E-state index contributed by atoms with van der Waals surface area (Å²) >= 11 is 0. The second-order valence-corrected chi connectivity index (χ2v) is 7.70. The number of nitrogens with zero attached hydrogens (tertiary/aromatic N) is 2. The summed E-state index contributed by atoms with van der Waals surface area (Å²) in [7, 11) is 2.04. The third-order valence-electron chi connectivity index (χ3n) is 5.43. The fraction of sp³-hybridized carbons (Fsp3) is 0.391. The minimum absolute atomic E-state index is 0.0768. The van der Waals surface area contributed by atoms with Gasteiger partial charge in [0.2, 0.25) is 11.8 Å². The molecule has 0 aliphatic carbocycles. The van der Waals surface area contributed by atoms with Crippen molar-refractivity contribution < 1.29 is 14.0 Å². The van der Waals surface area contributed by atoms with Crippen molar-refractivity contribution in [1.29, 1.82) is 0 Å². The van der Waals surface area contributed by atoms with Crippen LogP contribution in [-0.2, 0) is 9.59 Å². The molecule has 1 unspecified atom stereocenters. The molecule has 2 aromatic carbocycles. The summed E-state index contributed by atoms with van der Waals surface area (Å²) in [4.78, 5) is 29.9. The van der Waals surface area contributed by atoms with Crippen LogP contribution in [0.3, 0.4) is 0 Å². The molecule has 2 amide bonds. The summed E-state index contributed by atoms with van der Waals surface area (Å²) in [5.41, 5.74) is 1.67. The van der Waals surface area contributed by atoms with Gasteiger partial charge in [0.1, 0.15) is 11.9 Å². The molecule has 0 bridgehead atoms. The molecule has 1 saturated heterocycles. The van der Waals surface area contributed by atoms with E-state index in [4.69, 9.17) is 0 Å². The lowest BCUT2D eigenvalue weighted by Crippen LogP contribution is -2.51. The maximum Gasteiger partial charge on any atom is 0.249 e. The van der Waals surface area contributed by atoms with Crippen molar-refractivity contribution in [2.45, 2.75) is 25.3 Å². The van der Waals surface area contributed by atoms with Gasteiger partial charge in [0.25, 0.3) is 0 Å². The molecule has 1 aliphatic rings. The zero-order chi connectivity index (χ0) is 20.8. The number of hydrogen-bond acceptors (Lipinski definition) is 3. The van der Waals surface area contributed by atoms with E-state index < -0.39 is 6.04 Å². The van der Waals surface area contributed by atoms with Gasteiger partial charge in [0.15, 0.2) is 0 Å². The smallest absolute Gasteiger partial charge is 0.249 e. The minimum atomic E-state index is -0.701. The lowest BCUT2D eigenvalue weighted by atomic mass is 9.97. The molecule has 2 aromatic rings. The van der Waals surface area contributed by atoms with Crippen LogP contribution in [0.1, 0.15) is 36.4 Å².